The standard InChI is InChI=1S/C16H16O3/c1-16(18)14-6-4-3-5-11(14)13-9-10(19-2)7-8-12(13)15(16)17/h3-9,15,17-18H,1-2H3/t15-,16+/m0/s1. The Balaban J connectivity index is 2.32. The van der Waals surface area contributed by atoms with Gasteiger partial charge in [-0.25, -0.2) is 0 Å². The van der Waals surface area contributed by atoms with E-state index in [9.17, 15) is 10.2 Å². The SMILES string of the molecule is COc1ccc2c(c1)-c1ccccc1[C@@](C)(O)[C@H]2O. The van der Waals surface area contributed by atoms with Gasteiger partial charge in [0.05, 0.1) is 7.11 Å². The molecular weight excluding hydrogens is 240 g/mol. The first-order valence-corrected chi connectivity index (χ1v) is 6.24. The molecule has 0 unspecified atom stereocenters. The summed E-state index contributed by atoms with van der Waals surface area (Å²) in [6.45, 7) is 1.64. The highest BCUT2D eigenvalue weighted by Crippen LogP contribution is 2.48. The van der Waals surface area contributed by atoms with E-state index < -0.39 is 11.7 Å². The molecule has 19 heavy (non-hydrogen) atoms. The molecule has 3 heteroatoms. The summed E-state index contributed by atoms with van der Waals surface area (Å²) in [6, 6.07) is 13.1. The Kier molecular flexibility index (Phi) is 2.62. The van der Waals surface area contributed by atoms with E-state index in [2.05, 4.69) is 0 Å². The number of benzene rings is 2. The van der Waals surface area contributed by atoms with Gasteiger partial charge >= 0.3 is 0 Å². The summed E-state index contributed by atoms with van der Waals surface area (Å²) in [5, 5.41) is 21.0. The van der Waals surface area contributed by atoms with Crippen molar-refractivity contribution in [2.75, 3.05) is 7.11 Å². The fourth-order valence-corrected chi connectivity index (χ4v) is 2.74. The van der Waals surface area contributed by atoms with Crippen LogP contribution in [0.15, 0.2) is 42.5 Å². The fraction of sp³-hybridized carbons (Fsp3) is 0.250. The second-order valence-corrected chi connectivity index (χ2v) is 5.05. The summed E-state index contributed by atoms with van der Waals surface area (Å²) in [7, 11) is 1.61. The van der Waals surface area contributed by atoms with E-state index in [1.807, 2.05) is 36.4 Å². The molecule has 0 saturated carbocycles. The van der Waals surface area contributed by atoms with Crippen LogP contribution in [0.2, 0.25) is 0 Å². The summed E-state index contributed by atoms with van der Waals surface area (Å²) in [4.78, 5) is 0. The van der Waals surface area contributed by atoms with Crippen LogP contribution in [0.25, 0.3) is 11.1 Å². The lowest BCUT2D eigenvalue weighted by Crippen LogP contribution is -2.33. The summed E-state index contributed by atoms with van der Waals surface area (Å²) in [5.74, 6) is 0.738. The van der Waals surface area contributed by atoms with Gasteiger partial charge in [0.1, 0.15) is 17.5 Å². The molecular formula is C16H16O3. The Morgan fingerprint density at radius 1 is 1.11 bits per heavy atom. The molecule has 2 N–H and O–H groups in total. The lowest BCUT2D eigenvalue weighted by molar-refractivity contribution is -0.0704. The van der Waals surface area contributed by atoms with Crippen molar-refractivity contribution in [2.45, 2.75) is 18.6 Å². The molecule has 1 aliphatic carbocycles. The minimum atomic E-state index is -1.28. The highest BCUT2D eigenvalue weighted by molar-refractivity contribution is 5.76. The fourth-order valence-electron chi connectivity index (χ4n) is 2.74. The number of ether oxygens (including phenoxy) is 1. The number of aliphatic hydroxyl groups is 2. The van der Waals surface area contributed by atoms with Gasteiger partial charge in [-0.1, -0.05) is 30.3 Å². The van der Waals surface area contributed by atoms with E-state index in [-0.39, 0.29) is 0 Å². The van der Waals surface area contributed by atoms with E-state index in [4.69, 9.17) is 4.74 Å². The zero-order valence-corrected chi connectivity index (χ0v) is 10.9. The average Bonchev–Trinajstić information content (AvgIpc) is 2.44. The van der Waals surface area contributed by atoms with Crippen LogP contribution in [-0.2, 0) is 5.60 Å². The molecule has 0 amide bonds. The van der Waals surface area contributed by atoms with Gasteiger partial charge in [0.15, 0.2) is 0 Å². The number of methoxy groups -OCH3 is 1. The van der Waals surface area contributed by atoms with Crippen LogP contribution in [0, 0.1) is 0 Å². The van der Waals surface area contributed by atoms with Crippen LogP contribution in [-0.4, -0.2) is 17.3 Å². The Hall–Kier alpha value is -1.84. The molecule has 2 aromatic carbocycles. The Bertz CT molecular complexity index is 632. The topological polar surface area (TPSA) is 49.7 Å². The minimum Gasteiger partial charge on any atom is -0.497 e. The van der Waals surface area contributed by atoms with Gasteiger partial charge in [-0.2, -0.15) is 0 Å². The van der Waals surface area contributed by atoms with Crippen LogP contribution < -0.4 is 4.74 Å². The molecule has 2 atom stereocenters. The van der Waals surface area contributed by atoms with Crippen LogP contribution in [0.5, 0.6) is 5.75 Å². The van der Waals surface area contributed by atoms with Gasteiger partial charge in [0.25, 0.3) is 0 Å². The number of hydrogen-bond acceptors (Lipinski definition) is 3. The predicted octanol–water partition coefficient (Wildman–Crippen LogP) is 2.62. The van der Waals surface area contributed by atoms with E-state index in [1.165, 1.54) is 0 Å². The van der Waals surface area contributed by atoms with Gasteiger partial charge in [0, 0.05) is 0 Å². The van der Waals surface area contributed by atoms with Crippen molar-refractivity contribution in [1.29, 1.82) is 0 Å². The molecule has 0 aliphatic heterocycles. The molecule has 0 heterocycles. The lowest BCUT2D eigenvalue weighted by atomic mass is 9.74. The quantitative estimate of drug-likeness (QED) is 0.824. The second-order valence-electron chi connectivity index (χ2n) is 5.05. The van der Waals surface area contributed by atoms with E-state index in [0.717, 1.165) is 28.0 Å². The largest absolute Gasteiger partial charge is 0.497 e. The van der Waals surface area contributed by atoms with Crippen LogP contribution in [0.1, 0.15) is 24.2 Å². The van der Waals surface area contributed by atoms with Crippen molar-refractivity contribution in [1.82, 2.24) is 0 Å². The zero-order chi connectivity index (χ0) is 13.6. The van der Waals surface area contributed by atoms with E-state index >= 15 is 0 Å². The maximum Gasteiger partial charge on any atom is 0.119 e. The van der Waals surface area contributed by atoms with Gasteiger partial charge in [-0.3, -0.25) is 0 Å². The maximum atomic E-state index is 10.6. The predicted molar refractivity (Wildman–Crippen MR) is 73.0 cm³/mol. The van der Waals surface area contributed by atoms with E-state index in [1.54, 1.807) is 20.1 Å². The van der Waals surface area contributed by atoms with Gasteiger partial charge in [-0.05, 0) is 41.3 Å². The van der Waals surface area contributed by atoms with Crippen molar-refractivity contribution in [3.8, 4) is 16.9 Å². The number of aliphatic hydroxyl groups excluding tert-OH is 1. The Labute approximate surface area is 112 Å². The molecule has 0 saturated heterocycles. The molecule has 0 radical (unpaired) electrons. The molecule has 0 spiro atoms. The maximum absolute atomic E-state index is 10.6. The number of rotatable bonds is 1. The smallest absolute Gasteiger partial charge is 0.119 e. The third-order valence-corrected chi connectivity index (χ3v) is 3.85. The van der Waals surface area contributed by atoms with Crippen molar-refractivity contribution >= 4 is 0 Å². The molecule has 3 rings (SSSR count). The van der Waals surface area contributed by atoms with Crippen LogP contribution >= 0.6 is 0 Å². The highest BCUT2D eigenvalue weighted by Gasteiger charge is 2.40. The molecule has 2 aromatic rings. The Morgan fingerprint density at radius 2 is 1.84 bits per heavy atom. The number of hydrogen-bond donors (Lipinski definition) is 2. The molecule has 98 valence electrons. The lowest BCUT2D eigenvalue weighted by Gasteiger charge is -2.37. The van der Waals surface area contributed by atoms with E-state index in [0.29, 0.717) is 0 Å². The summed E-state index contributed by atoms with van der Waals surface area (Å²) in [5.41, 5.74) is 2.03. The van der Waals surface area contributed by atoms with Crippen molar-refractivity contribution in [2.24, 2.45) is 0 Å². The first-order chi connectivity index (χ1) is 9.05. The van der Waals surface area contributed by atoms with Crippen molar-refractivity contribution < 1.29 is 14.9 Å². The van der Waals surface area contributed by atoms with Gasteiger partial charge in [-0.15, -0.1) is 0 Å². The normalized spacial score (nSPS) is 24.5. The van der Waals surface area contributed by atoms with Crippen LogP contribution in [0.4, 0.5) is 0 Å². The average molecular weight is 256 g/mol. The summed E-state index contributed by atoms with van der Waals surface area (Å²) >= 11 is 0. The van der Waals surface area contributed by atoms with Crippen molar-refractivity contribution in [3.05, 3.63) is 53.6 Å². The Morgan fingerprint density at radius 3 is 2.58 bits per heavy atom. The molecule has 0 bridgehead atoms. The highest BCUT2D eigenvalue weighted by atomic mass is 16.5. The second kappa shape index (κ2) is 4.08. The first kappa shape index (κ1) is 12.2. The third kappa shape index (κ3) is 1.66. The summed E-state index contributed by atoms with van der Waals surface area (Å²) < 4.78 is 5.24. The molecule has 0 fully saturated rings. The zero-order valence-electron chi connectivity index (χ0n) is 10.9. The summed E-state index contributed by atoms with van der Waals surface area (Å²) in [6.07, 6.45) is -0.941. The first-order valence-electron chi connectivity index (χ1n) is 6.24. The van der Waals surface area contributed by atoms with Gasteiger partial charge in [0.2, 0.25) is 0 Å². The van der Waals surface area contributed by atoms with Gasteiger partial charge < -0.3 is 14.9 Å². The number of fused-ring (bicyclic) bond motifs is 3. The third-order valence-electron chi connectivity index (χ3n) is 3.85. The molecule has 3 nitrogen and oxygen atoms in total. The monoisotopic (exact) mass is 256 g/mol. The van der Waals surface area contributed by atoms with Crippen LogP contribution in [0.3, 0.4) is 0 Å². The molecule has 1 aliphatic rings. The molecule has 0 aromatic heterocycles. The van der Waals surface area contributed by atoms with Crippen molar-refractivity contribution in [3.63, 3.8) is 0 Å². The minimum absolute atomic E-state index is 0.726.